The second-order valence-corrected chi connectivity index (χ2v) is 9.28. The number of aryl methyl sites for hydroxylation is 2. The number of Topliss-reactive ketones (excluding diaryl/α,β-unsaturated/α-hetero) is 1. The summed E-state index contributed by atoms with van der Waals surface area (Å²) in [7, 11) is 1.89. The van der Waals surface area contributed by atoms with Crippen molar-refractivity contribution < 1.29 is 9.18 Å². The van der Waals surface area contributed by atoms with Gasteiger partial charge >= 0.3 is 0 Å². The van der Waals surface area contributed by atoms with Crippen LogP contribution in [0, 0.1) is 19.7 Å². The molecule has 0 bridgehead atoms. The first-order valence-electron chi connectivity index (χ1n) is 10.6. The standard InChI is InChI=1S/C25H24ClFN4OS/c1-16-14-22(17(2)31(16)13-12-18-4-10-21(27)11-5-18)23(32)15-33-25-29-28-24(30(25)3)19-6-8-20(26)9-7-19/h4-11,14H,12-13,15H2,1-3H3. The van der Waals surface area contributed by atoms with Crippen molar-refractivity contribution >= 4 is 29.1 Å². The summed E-state index contributed by atoms with van der Waals surface area (Å²) in [5.41, 5.74) is 4.68. The third kappa shape index (κ3) is 5.20. The Kier molecular flexibility index (Phi) is 7.00. The van der Waals surface area contributed by atoms with E-state index in [1.165, 1.54) is 23.9 Å². The fraction of sp³-hybridized carbons (Fsp3) is 0.240. The fourth-order valence-electron chi connectivity index (χ4n) is 3.82. The molecular formula is C25H24ClFN4OS. The van der Waals surface area contributed by atoms with E-state index in [4.69, 9.17) is 11.6 Å². The molecule has 4 aromatic rings. The molecule has 0 spiro atoms. The molecule has 170 valence electrons. The van der Waals surface area contributed by atoms with E-state index in [0.717, 1.165) is 46.9 Å². The number of nitrogens with zero attached hydrogens (tertiary/aromatic N) is 4. The zero-order valence-electron chi connectivity index (χ0n) is 18.7. The summed E-state index contributed by atoms with van der Waals surface area (Å²) in [6, 6.07) is 15.9. The molecule has 5 nitrogen and oxygen atoms in total. The third-order valence-electron chi connectivity index (χ3n) is 5.68. The van der Waals surface area contributed by atoms with Gasteiger partial charge in [-0.15, -0.1) is 10.2 Å². The Morgan fingerprint density at radius 1 is 1.06 bits per heavy atom. The van der Waals surface area contributed by atoms with Crippen molar-refractivity contribution in [2.24, 2.45) is 7.05 Å². The summed E-state index contributed by atoms with van der Waals surface area (Å²) < 4.78 is 17.2. The molecule has 0 unspecified atom stereocenters. The minimum atomic E-state index is -0.236. The number of rotatable bonds is 8. The Bertz CT molecular complexity index is 1280. The maximum atomic E-state index is 13.1. The average Bonchev–Trinajstić information content (AvgIpc) is 3.31. The number of ketones is 1. The zero-order chi connectivity index (χ0) is 23.5. The quantitative estimate of drug-likeness (QED) is 0.231. The Labute approximate surface area is 201 Å². The van der Waals surface area contributed by atoms with Crippen LogP contribution in [0.3, 0.4) is 0 Å². The molecule has 0 aliphatic carbocycles. The fourth-order valence-corrected chi connectivity index (χ4v) is 4.74. The van der Waals surface area contributed by atoms with Gasteiger partial charge in [-0.05, 0) is 68.3 Å². The van der Waals surface area contributed by atoms with Gasteiger partial charge in [-0.25, -0.2) is 4.39 Å². The molecule has 2 heterocycles. The summed E-state index contributed by atoms with van der Waals surface area (Å²) in [5.74, 6) is 0.813. The Morgan fingerprint density at radius 3 is 2.45 bits per heavy atom. The summed E-state index contributed by atoms with van der Waals surface area (Å²) in [5, 5.41) is 9.87. The molecule has 0 fully saturated rings. The number of aromatic nitrogens is 4. The van der Waals surface area contributed by atoms with E-state index in [1.807, 2.05) is 55.8 Å². The number of carbonyl (C=O) groups is 1. The molecule has 0 aliphatic rings. The van der Waals surface area contributed by atoms with Crippen molar-refractivity contribution in [3.63, 3.8) is 0 Å². The van der Waals surface area contributed by atoms with Crippen LogP contribution in [0.1, 0.15) is 27.3 Å². The summed E-state index contributed by atoms with van der Waals surface area (Å²) in [4.78, 5) is 13.0. The van der Waals surface area contributed by atoms with E-state index >= 15 is 0 Å². The molecule has 2 aromatic heterocycles. The minimum absolute atomic E-state index is 0.0529. The normalized spacial score (nSPS) is 11.2. The summed E-state index contributed by atoms with van der Waals surface area (Å²) in [6.45, 7) is 4.70. The van der Waals surface area contributed by atoms with Gasteiger partial charge in [0.25, 0.3) is 0 Å². The van der Waals surface area contributed by atoms with Gasteiger partial charge in [0.05, 0.1) is 5.75 Å². The maximum Gasteiger partial charge on any atom is 0.191 e. The lowest BCUT2D eigenvalue weighted by Crippen LogP contribution is -2.08. The van der Waals surface area contributed by atoms with Crippen LogP contribution in [-0.2, 0) is 20.0 Å². The van der Waals surface area contributed by atoms with Crippen molar-refractivity contribution in [2.75, 3.05) is 5.75 Å². The molecule has 0 amide bonds. The number of benzene rings is 2. The highest BCUT2D eigenvalue weighted by Crippen LogP contribution is 2.25. The number of hydrogen-bond donors (Lipinski definition) is 0. The van der Waals surface area contributed by atoms with E-state index in [0.29, 0.717) is 10.2 Å². The monoisotopic (exact) mass is 482 g/mol. The number of thioether (sulfide) groups is 1. The third-order valence-corrected chi connectivity index (χ3v) is 6.95. The van der Waals surface area contributed by atoms with Crippen LogP contribution in [-0.4, -0.2) is 30.9 Å². The molecule has 0 N–H and O–H groups in total. The molecular weight excluding hydrogens is 459 g/mol. The van der Waals surface area contributed by atoms with Crippen molar-refractivity contribution in [2.45, 2.75) is 32.0 Å². The van der Waals surface area contributed by atoms with E-state index in [1.54, 1.807) is 12.1 Å². The highest BCUT2D eigenvalue weighted by molar-refractivity contribution is 7.99. The van der Waals surface area contributed by atoms with Crippen molar-refractivity contribution in [1.82, 2.24) is 19.3 Å². The van der Waals surface area contributed by atoms with Gasteiger partial charge in [0.1, 0.15) is 5.82 Å². The number of halogens is 2. The first-order chi connectivity index (χ1) is 15.8. The zero-order valence-corrected chi connectivity index (χ0v) is 20.3. The molecule has 0 radical (unpaired) electrons. The Balaban J connectivity index is 1.42. The van der Waals surface area contributed by atoms with Crippen LogP contribution in [0.25, 0.3) is 11.4 Å². The van der Waals surface area contributed by atoms with Gasteiger partial charge in [-0.2, -0.15) is 0 Å². The predicted octanol–water partition coefficient (Wildman–Crippen LogP) is 5.91. The molecule has 0 aliphatic heterocycles. The van der Waals surface area contributed by atoms with Crippen molar-refractivity contribution in [3.8, 4) is 11.4 Å². The van der Waals surface area contributed by atoms with Crippen molar-refractivity contribution in [1.29, 1.82) is 0 Å². The van der Waals surface area contributed by atoms with Gasteiger partial charge in [-0.3, -0.25) is 4.79 Å². The molecule has 8 heteroatoms. The van der Waals surface area contributed by atoms with Crippen LogP contribution >= 0.6 is 23.4 Å². The van der Waals surface area contributed by atoms with Gasteiger partial charge in [0.2, 0.25) is 0 Å². The molecule has 0 saturated carbocycles. The lowest BCUT2D eigenvalue weighted by Gasteiger charge is -2.10. The Hall–Kier alpha value is -2.90. The first kappa shape index (κ1) is 23.3. The van der Waals surface area contributed by atoms with Gasteiger partial charge in [0, 0.05) is 41.1 Å². The molecule has 0 saturated heterocycles. The predicted molar refractivity (Wildman–Crippen MR) is 131 cm³/mol. The van der Waals surface area contributed by atoms with Crippen molar-refractivity contribution in [3.05, 3.63) is 88.0 Å². The summed E-state index contributed by atoms with van der Waals surface area (Å²) >= 11 is 7.34. The molecule has 33 heavy (non-hydrogen) atoms. The smallest absolute Gasteiger partial charge is 0.191 e. The van der Waals surface area contributed by atoms with Crippen LogP contribution in [0.4, 0.5) is 4.39 Å². The highest BCUT2D eigenvalue weighted by Gasteiger charge is 2.18. The van der Waals surface area contributed by atoms with E-state index in [2.05, 4.69) is 14.8 Å². The first-order valence-corrected chi connectivity index (χ1v) is 11.9. The number of hydrogen-bond acceptors (Lipinski definition) is 4. The van der Waals surface area contributed by atoms with E-state index < -0.39 is 0 Å². The maximum absolute atomic E-state index is 13.1. The largest absolute Gasteiger partial charge is 0.348 e. The number of carbonyl (C=O) groups excluding carboxylic acids is 1. The average molecular weight is 483 g/mol. The van der Waals surface area contributed by atoms with E-state index in [-0.39, 0.29) is 17.4 Å². The topological polar surface area (TPSA) is 52.7 Å². The Morgan fingerprint density at radius 2 is 1.76 bits per heavy atom. The van der Waals surface area contributed by atoms with Crippen LogP contribution < -0.4 is 0 Å². The van der Waals surface area contributed by atoms with E-state index in [9.17, 15) is 9.18 Å². The minimum Gasteiger partial charge on any atom is -0.348 e. The lowest BCUT2D eigenvalue weighted by molar-refractivity contribution is 0.102. The summed E-state index contributed by atoms with van der Waals surface area (Å²) in [6.07, 6.45) is 0.769. The van der Waals surface area contributed by atoms with Gasteiger partial charge in [-0.1, -0.05) is 35.5 Å². The highest BCUT2D eigenvalue weighted by atomic mass is 35.5. The molecule has 4 rings (SSSR count). The molecule has 2 aromatic carbocycles. The van der Waals surface area contributed by atoms with Gasteiger partial charge in [0.15, 0.2) is 16.8 Å². The van der Waals surface area contributed by atoms with Crippen LogP contribution in [0.2, 0.25) is 5.02 Å². The van der Waals surface area contributed by atoms with Crippen LogP contribution in [0.5, 0.6) is 0 Å². The van der Waals surface area contributed by atoms with Gasteiger partial charge < -0.3 is 9.13 Å². The lowest BCUT2D eigenvalue weighted by atomic mass is 10.1. The second kappa shape index (κ2) is 9.93. The molecule has 0 atom stereocenters. The second-order valence-electron chi connectivity index (χ2n) is 7.90. The van der Waals surface area contributed by atoms with Crippen LogP contribution in [0.15, 0.2) is 59.8 Å². The SMILES string of the molecule is Cc1cc(C(=O)CSc2nnc(-c3ccc(Cl)cc3)n2C)c(C)n1CCc1ccc(F)cc1.